The predicted octanol–water partition coefficient (Wildman–Crippen LogP) is 6.25. The van der Waals surface area contributed by atoms with Gasteiger partial charge in [0.1, 0.15) is 0 Å². The van der Waals surface area contributed by atoms with E-state index >= 15 is 0 Å². The summed E-state index contributed by atoms with van der Waals surface area (Å²) in [6, 6.07) is 13.5. The number of fused-ring (bicyclic) bond motifs is 2. The average molecular weight is 282 g/mol. The zero-order valence-corrected chi connectivity index (χ0v) is 12.9. The second-order valence-electron chi connectivity index (χ2n) is 6.66. The molecule has 5 rings (SSSR count). The van der Waals surface area contributed by atoms with Crippen molar-refractivity contribution in [3.05, 3.63) is 70.8 Å². The van der Waals surface area contributed by atoms with Gasteiger partial charge in [0.05, 0.1) is 0 Å². The molecule has 0 N–H and O–H groups in total. The van der Waals surface area contributed by atoms with Crippen molar-refractivity contribution >= 4 is 33.7 Å². The predicted molar refractivity (Wildman–Crippen MR) is 96.4 cm³/mol. The fourth-order valence-corrected chi connectivity index (χ4v) is 4.37. The minimum absolute atomic E-state index is 0.485. The van der Waals surface area contributed by atoms with Gasteiger partial charge < -0.3 is 0 Å². The minimum atomic E-state index is 0.485. The highest BCUT2D eigenvalue weighted by Crippen LogP contribution is 2.47. The van der Waals surface area contributed by atoms with Crippen LogP contribution in [0.4, 0.5) is 0 Å². The lowest BCUT2D eigenvalue weighted by Crippen LogP contribution is -2.08. The highest BCUT2D eigenvalue weighted by atomic mass is 14.3. The van der Waals surface area contributed by atoms with Crippen LogP contribution < -0.4 is 0 Å². The van der Waals surface area contributed by atoms with Crippen LogP contribution in [0.25, 0.3) is 33.7 Å². The molecule has 0 saturated carbocycles. The largest absolute Gasteiger partial charge is 0.0766 e. The summed E-state index contributed by atoms with van der Waals surface area (Å²) in [6.07, 6.45) is 9.30. The summed E-state index contributed by atoms with van der Waals surface area (Å²) in [5.41, 5.74) is 5.83. The molecule has 0 heteroatoms. The quantitative estimate of drug-likeness (QED) is 0.427. The molecule has 2 aliphatic rings. The Morgan fingerprint density at radius 1 is 0.636 bits per heavy atom. The molecule has 0 bridgehead atoms. The van der Waals surface area contributed by atoms with Gasteiger partial charge in [-0.2, -0.15) is 0 Å². The molecule has 0 aliphatic heterocycles. The highest BCUT2D eigenvalue weighted by Gasteiger charge is 2.26. The first kappa shape index (κ1) is 12.2. The molecule has 2 aliphatic carbocycles. The number of rotatable bonds is 0. The molecular formula is C22H18. The lowest BCUT2D eigenvalue weighted by atomic mass is 9.75. The van der Waals surface area contributed by atoms with Crippen molar-refractivity contribution in [2.24, 2.45) is 0 Å². The van der Waals surface area contributed by atoms with Crippen LogP contribution in [0.2, 0.25) is 0 Å². The Bertz CT molecular complexity index is 919. The Hall–Kier alpha value is -2.34. The third-order valence-corrected chi connectivity index (χ3v) is 5.35. The fourth-order valence-electron chi connectivity index (χ4n) is 4.37. The molecule has 2 unspecified atom stereocenters. The maximum absolute atomic E-state index is 2.35. The summed E-state index contributed by atoms with van der Waals surface area (Å²) in [4.78, 5) is 0. The summed E-state index contributed by atoms with van der Waals surface area (Å²) in [6.45, 7) is 4.66. The molecule has 0 amide bonds. The van der Waals surface area contributed by atoms with Crippen LogP contribution in [0.15, 0.2) is 48.6 Å². The molecule has 0 saturated heterocycles. The van der Waals surface area contributed by atoms with Crippen molar-refractivity contribution in [3.63, 3.8) is 0 Å². The topological polar surface area (TPSA) is 0 Å². The second kappa shape index (κ2) is 4.10. The molecular weight excluding hydrogens is 264 g/mol. The van der Waals surface area contributed by atoms with Crippen molar-refractivity contribution in [2.75, 3.05) is 0 Å². The Labute approximate surface area is 130 Å². The molecule has 0 aromatic heterocycles. The zero-order valence-electron chi connectivity index (χ0n) is 12.9. The van der Waals surface area contributed by atoms with Crippen molar-refractivity contribution in [3.8, 4) is 0 Å². The summed E-state index contributed by atoms with van der Waals surface area (Å²) in [5.74, 6) is 0.970. The van der Waals surface area contributed by atoms with Gasteiger partial charge in [0.2, 0.25) is 0 Å². The van der Waals surface area contributed by atoms with E-state index in [1.54, 1.807) is 11.1 Å². The van der Waals surface area contributed by atoms with Crippen molar-refractivity contribution in [2.45, 2.75) is 25.7 Å². The van der Waals surface area contributed by atoms with E-state index in [2.05, 4.69) is 74.5 Å². The molecule has 3 aromatic rings. The first-order chi connectivity index (χ1) is 10.8. The van der Waals surface area contributed by atoms with E-state index in [9.17, 15) is 0 Å². The summed E-state index contributed by atoms with van der Waals surface area (Å²) in [5, 5.41) is 5.76. The van der Waals surface area contributed by atoms with Gasteiger partial charge in [-0.25, -0.2) is 0 Å². The fraction of sp³-hybridized carbons (Fsp3) is 0.182. The van der Waals surface area contributed by atoms with E-state index < -0.39 is 0 Å². The van der Waals surface area contributed by atoms with Gasteiger partial charge in [-0.3, -0.25) is 0 Å². The molecule has 3 aromatic carbocycles. The number of hydrogen-bond donors (Lipinski definition) is 0. The first-order valence-electron chi connectivity index (χ1n) is 8.13. The maximum Gasteiger partial charge on any atom is 0.000245 e. The van der Waals surface area contributed by atoms with Crippen LogP contribution in [-0.4, -0.2) is 0 Å². The SMILES string of the molecule is CC1C=Cc2cccc3c2c1c1c2c(cccc23)C=CC1C. The monoisotopic (exact) mass is 282 g/mol. The van der Waals surface area contributed by atoms with Crippen molar-refractivity contribution in [1.29, 1.82) is 0 Å². The smallest absolute Gasteiger partial charge is 0.000245 e. The van der Waals surface area contributed by atoms with Crippen LogP contribution in [0.5, 0.6) is 0 Å². The average Bonchev–Trinajstić information content (AvgIpc) is 2.55. The van der Waals surface area contributed by atoms with E-state index in [4.69, 9.17) is 0 Å². The molecule has 0 heterocycles. The van der Waals surface area contributed by atoms with Crippen LogP contribution >= 0.6 is 0 Å². The zero-order chi connectivity index (χ0) is 14.8. The van der Waals surface area contributed by atoms with Crippen LogP contribution in [0.3, 0.4) is 0 Å². The van der Waals surface area contributed by atoms with Crippen molar-refractivity contribution in [1.82, 2.24) is 0 Å². The number of hydrogen-bond acceptors (Lipinski definition) is 0. The lowest BCUT2D eigenvalue weighted by molar-refractivity contribution is 0.897. The summed E-state index contributed by atoms with van der Waals surface area (Å²) in [7, 11) is 0. The Morgan fingerprint density at radius 2 is 1.09 bits per heavy atom. The van der Waals surface area contributed by atoms with Gasteiger partial charge in [-0.15, -0.1) is 0 Å². The van der Waals surface area contributed by atoms with Crippen molar-refractivity contribution < 1.29 is 0 Å². The van der Waals surface area contributed by atoms with Gasteiger partial charge in [0, 0.05) is 11.8 Å². The third kappa shape index (κ3) is 1.38. The molecule has 22 heavy (non-hydrogen) atoms. The van der Waals surface area contributed by atoms with Crippen LogP contribution in [0.1, 0.15) is 47.9 Å². The van der Waals surface area contributed by atoms with Gasteiger partial charge in [0.15, 0.2) is 0 Å². The van der Waals surface area contributed by atoms with E-state index in [0.717, 1.165) is 0 Å². The minimum Gasteiger partial charge on any atom is -0.0766 e. The second-order valence-corrected chi connectivity index (χ2v) is 6.66. The van der Waals surface area contributed by atoms with E-state index in [1.165, 1.54) is 32.7 Å². The Kier molecular flexibility index (Phi) is 2.28. The third-order valence-electron chi connectivity index (χ3n) is 5.35. The maximum atomic E-state index is 2.35. The molecule has 0 nitrogen and oxygen atoms in total. The van der Waals surface area contributed by atoms with Gasteiger partial charge in [-0.1, -0.05) is 74.5 Å². The van der Waals surface area contributed by atoms with E-state index in [1.807, 2.05) is 0 Å². The summed E-state index contributed by atoms with van der Waals surface area (Å²) < 4.78 is 0. The standard InChI is InChI=1S/C22H18/c1-13-9-11-15-5-3-7-17-18-8-4-6-16-12-10-14(2)20(22(16)18)19(13)21(15)17/h3-14H,1-2H3. The first-order valence-corrected chi connectivity index (χ1v) is 8.13. The number of benzene rings is 3. The van der Waals surface area contributed by atoms with Gasteiger partial charge in [0.25, 0.3) is 0 Å². The molecule has 0 fully saturated rings. The van der Waals surface area contributed by atoms with Crippen LogP contribution in [-0.2, 0) is 0 Å². The normalized spacial score (nSPS) is 21.7. The Morgan fingerprint density at radius 3 is 1.55 bits per heavy atom. The molecule has 2 atom stereocenters. The van der Waals surface area contributed by atoms with Gasteiger partial charge >= 0.3 is 0 Å². The molecule has 0 spiro atoms. The Balaban J connectivity index is 2.15. The van der Waals surface area contributed by atoms with Gasteiger partial charge in [-0.05, 0) is 43.8 Å². The lowest BCUT2D eigenvalue weighted by Gasteiger charge is -2.29. The highest BCUT2D eigenvalue weighted by molar-refractivity contribution is 6.16. The molecule has 0 radical (unpaired) electrons. The number of allylic oxidation sites excluding steroid dienone is 2. The van der Waals surface area contributed by atoms with E-state index in [0.29, 0.717) is 11.8 Å². The van der Waals surface area contributed by atoms with Crippen LogP contribution in [0, 0.1) is 0 Å². The summed E-state index contributed by atoms with van der Waals surface area (Å²) >= 11 is 0. The molecule has 106 valence electrons. The van der Waals surface area contributed by atoms with E-state index in [-0.39, 0.29) is 0 Å².